The number of benzene rings is 1. The average molecular weight is 248 g/mol. The molecule has 0 spiro atoms. The van der Waals surface area contributed by atoms with Crippen molar-refractivity contribution < 1.29 is 9.90 Å². The first-order valence-electron chi connectivity index (χ1n) is 6.30. The molecule has 1 saturated carbocycles. The van der Waals surface area contributed by atoms with E-state index in [0.29, 0.717) is 5.69 Å². The van der Waals surface area contributed by atoms with Crippen molar-refractivity contribution in [3.63, 3.8) is 0 Å². The van der Waals surface area contributed by atoms with Crippen molar-refractivity contribution in [1.82, 2.24) is 0 Å². The zero-order chi connectivity index (χ0) is 13.3. The van der Waals surface area contributed by atoms with Crippen molar-refractivity contribution in [1.29, 1.82) is 0 Å². The Hall–Kier alpha value is -1.55. The standard InChI is InChI=1S/C14H20N2O2/c1-9-5-6-11(17)10(8-9)16-13(18)14(2)7-3-4-12(14)15/h5-6,8,12,17H,3-4,7,15H2,1-2H3,(H,16,18). The Bertz CT molecular complexity index is 473. The predicted octanol–water partition coefficient (Wildman–Crippen LogP) is 2.16. The summed E-state index contributed by atoms with van der Waals surface area (Å²) in [6.07, 6.45) is 2.65. The van der Waals surface area contributed by atoms with Gasteiger partial charge in [0.15, 0.2) is 0 Å². The fourth-order valence-corrected chi connectivity index (χ4v) is 2.49. The van der Waals surface area contributed by atoms with Gasteiger partial charge in [0.25, 0.3) is 0 Å². The largest absolute Gasteiger partial charge is 0.506 e. The molecule has 1 aliphatic rings. The lowest BCUT2D eigenvalue weighted by Gasteiger charge is -2.27. The molecule has 2 atom stereocenters. The number of carbonyl (C=O) groups is 1. The second-order valence-corrected chi connectivity index (χ2v) is 5.39. The Morgan fingerprint density at radius 1 is 1.56 bits per heavy atom. The number of aryl methyl sites for hydroxylation is 1. The molecule has 0 aromatic heterocycles. The highest BCUT2D eigenvalue weighted by atomic mass is 16.3. The molecule has 1 aliphatic carbocycles. The highest BCUT2D eigenvalue weighted by Crippen LogP contribution is 2.38. The Balaban J connectivity index is 2.19. The molecule has 4 nitrogen and oxygen atoms in total. The number of nitrogens with two attached hydrogens (primary N) is 1. The van der Waals surface area contributed by atoms with E-state index < -0.39 is 5.41 Å². The molecular formula is C14H20N2O2. The molecule has 0 bridgehead atoms. The molecule has 0 aliphatic heterocycles. The van der Waals surface area contributed by atoms with Gasteiger partial charge in [-0.15, -0.1) is 0 Å². The molecule has 1 aromatic carbocycles. The van der Waals surface area contributed by atoms with Gasteiger partial charge in [0.2, 0.25) is 5.91 Å². The molecule has 2 rings (SSSR count). The Labute approximate surface area is 107 Å². The number of hydrogen-bond donors (Lipinski definition) is 3. The third-order valence-corrected chi connectivity index (χ3v) is 3.95. The Morgan fingerprint density at radius 3 is 2.89 bits per heavy atom. The molecule has 0 saturated heterocycles. The van der Waals surface area contributed by atoms with Gasteiger partial charge in [0.05, 0.1) is 11.1 Å². The first-order valence-corrected chi connectivity index (χ1v) is 6.30. The maximum atomic E-state index is 12.3. The normalized spacial score (nSPS) is 27.2. The molecule has 18 heavy (non-hydrogen) atoms. The zero-order valence-corrected chi connectivity index (χ0v) is 10.9. The second-order valence-electron chi connectivity index (χ2n) is 5.39. The van der Waals surface area contributed by atoms with Crippen molar-refractivity contribution in [3.05, 3.63) is 23.8 Å². The molecule has 98 valence electrons. The third-order valence-electron chi connectivity index (χ3n) is 3.95. The van der Waals surface area contributed by atoms with E-state index in [0.717, 1.165) is 24.8 Å². The van der Waals surface area contributed by atoms with Crippen molar-refractivity contribution >= 4 is 11.6 Å². The first kappa shape index (κ1) is 12.9. The highest BCUT2D eigenvalue weighted by Gasteiger charge is 2.43. The highest BCUT2D eigenvalue weighted by molar-refractivity contribution is 5.97. The lowest BCUT2D eigenvalue weighted by atomic mass is 9.84. The SMILES string of the molecule is Cc1ccc(O)c(NC(=O)C2(C)CCCC2N)c1. The fraction of sp³-hybridized carbons (Fsp3) is 0.500. The summed E-state index contributed by atoms with van der Waals surface area (Å²) < 4.78 is 0. The van der Waals surface area contributed by atoms with E-state index in [1.54, 1.807) is 18.2 Å². The number of anilines is 1. The molecular weight excluding hydrogens is 228 g/mol. The Kier molecular flexibility index (Phi) is 3.30. The number of carbonyl (C=O) groups excluding carboxylic acids is 1. The molecule has 2 unspecified atom stereocenters. The third kappa shape index (κ3) is 2.20. The van der Waals surface area contributed by atoms with Crippen LogP contribution >= 0.6 is 0 Å². The smallest absolute Gasteiger partial charge is 0.231 e. The minimum absolute atomic E-state index is 0.0871. The summed E-state index contributed by atoms with van der Waals surface area (Å²) in [5.74, 6) is -0.0162. The van der Waals surface area contributed by atoms with Gasteiger partial charge in [-0.3, -0.25) is 4.79 Å². The van der Waals surface area contributed by atoms with E-state index in [2.05, 4.69) is 5.32 Å². The van der Waals surface area contributed by atoms with E-state index in [4.69, 9.17) is 5.73 Å². The topological polar surface area (TPSA) is 75.3 Å². The van der Waals surface area contributed by atoms with Crippen molar-refractivity contribution in [3.8, 4) is 5.75 Å². The average Bonchev–Trinajstić information content (AvgIpc) is 2.66. The van der Waals surface area contributed by atoms with Crippen molar-refractivity contribution in [2.24, 2.45) is 11.1 Å². The van der Waals surface area contributed by atoms with Crippen LogP contribution < -0.4 is 11.1 Å². The van der Waals surface area contributed by atoms with Gasteiger partial charge in [-0.2, -0.15) is 0 Å². The fourth-order valence-electron chi connectivity index (χ4n) is 2.49. The minimum atomic E-state index is -0.532. The van der Waals surface area contributed by atoms with Gasteiger partial charge in [-0.25, -0.2) is 0 Å². The molecule has 4 heteroatoms. The van der Waals surface area contributed by atoms with Gasteiger partial charge in [-0.1, -0.05) is 12.5 Å². The van der Waals surface area contributed by atoms with E-state index in [-0.39, 0.29) is 17.7 Å². The molecule has 4 N–H and O–H groups in total. The van der Waals surface area contributed by atoms with Crippen LogP contribution in [0.3, 0.4) is 0 Å². The number of amides is 1. The molecule has 1 aromatic rings. The second kappa shape index (κ2) is 4.61. The van der Waals surface area contributed by atoms with Gasteiger partial charge in [-0.05, 0) is 44.4 Å². The van der Waals surface area contributed by atoms with Crippen LogP contribution in [-0.2, 0) is 4.79 Å². The van der Waals surface area contributed by atoms with Gasteiger partial charge in [0.1, 0.15) is 5.75 Å². The van der Waals surface area contributed by atoms with Gasteiger partial charge in [0, 0.05) is 6.04 Å². The first-order chi connectivity index (χ1) is 8.43. The van der Waals surface area contributed by atoms with Gasteiger partial charge < -0.3 is 16.2 Å². The number of phenolic OH excluding ortho intramolecular Hbond substituents is 1. The minimum Gasteiger partial charge on any atom is -0.506 e. The summed E-state index contributed by atoms with van der Waals surface area (Å²) in [5, 5.41) is 12.5. The van der Waals surface area contributed by atoms with Crippen LogP contribution in [0.5, 0.6) is 5.75 Å². The van der Waals surface area contributed by atoms with Crippen LogP contribution in [0, 0.1) is 12.3 Å². The lowest BCUT2D eigenvalue weighted by Crippen LogP contribution is -2.44. The summed E-state index contributed by atoms with van der Waals surface area (Å²) in [6, 6.07) is 5.04. The summed E-state index contributed by atoms with van der Waals surface area (Å²) in [4.78, 5) is 12.3. The van der Waals surface area contributed by atoms with E-state index in [1.807, 2.05) is 13.8 Å². The molecule has 1 fully saturated rings. The number of phenols is 1. The predicted molar refractivity (Wildman–Crippen MR) is 71.4 cm³/mol. The van der Waals surface area contributed by atoms with E-state index in [1.165, 1.54) is 0 Å². The maximum absolute atomic E-state index is 12.3. The van der Waals surface area contributed by atoms with Crippen LogP contribution in [0.25, 0.3) is 0 Å². The van der Waals surface area contributed by atoms with Crippen molar-refractivity contribution in [2.75, 3.05) is 5.32 Å². The number of rotatable bonds is 2. The van der Waals surface area contributed by atoms with Crippen molar-refractivity contribution in [2.45, 2.75) is 39.2 Å². The number of nitrogens with one attached hydrogen (secondary N) is 1. The Morgan fingerprint density at radius 2 is 2.28 bits per heavy atom. The number of aromatic hydroxyl groups is 1. The van der Waals surface area contributed by atoms with Crippen LogP contribution in [0.15, 0.2) is 18.2 Å². The summed E-state index contributed by atoms with van der Waals surface area (Å²) in [5.41, 5.74) is 6.93. The molecule has 1 amide bonds. The monoisotopic (exact) mass is 248 g/mol. The van der Waals surface area contributed by atoms with Gasteiger partial charge >= 0.3 is 0 Å². The van der Waals surface area contributed by atoms with E-state index in [9.17, 15) is 9.90 Å². The molecule has 0 heterocycles. The summed E-state index contributed by atoms with van der Waals surface area (Å²) in [6.45, 7) is 3.81. The summed E-state index contributed by atoms with van der Waals surface area (Å²) >= 11 is 0. The van der Waals surface area contributed by atoms with Crippen LogP contribution in [-0.4, -0.2) is 17.1 Å². The zero-order valence-electron chi connectivity index (χ0n) is 10.9. The van der Waals surface area contributed by atoms with E-state index >= 15 is 0 Å². The quantitative estimate of drug-likeness (QED) is 0.702. The lowest BCUT2D eigenvalue weighted by molar-refractivity contribution is -0.125. The van der Waals surface area contributed by atoms with Crippen LogP contribution in [0.1, 0.15) is 31.7 Å². The van der Waals surface area contributed by atoms with Crippen LogP contribution in [0.4, 0.5) is 5.69 Å². The van der Waals surface area contributed by atoms with Crippen LogP contribution in [0.2, 0.25) is 0 Å². The summed E-state index contributed by atoms with van der Waals surface area (Å²) in [7, 11) is 0. The number of hydrogen-bond acceptors (Lipinski definition) is 3. The molecule has 0 radical (unpaired) electrons. The maximum Gasteiger partial charge on any atom is 0.231 e.